The Kier molecular flexibility index (Phi) is 5.25. The molecule has 2 aromatic heterocycles. The first-order valence-corrected chi connectivity index (χ1v) is 7.21. The van der Waals surface area contributed by atoms with E-state index < -0.39 is 0 Å². The van der Waals surface area contributed by atoms with Crippen LogP contribution in [-0.4, -0.2) is 30.2 Å². The van der Waals surface area contributed by atoms with E-state index in [2.05, 4.69) is 31.2 Å². The monoisotopic (exact) mass is 327 g/mol. The van der Waals surface area contributed by atoms with Gasteiger partial charge < -0.3 is 10.1 Å². The number of methoxy groups -OCH3 is 1. The number of aromatic nitrogens is 2. The van der Waals surface area contributed by atoms with Crippen molar-refractivity contribution in [1.29, 1.82) is 0 Å². The van der Waals surface area contributed by atoms with Crippen LogP contribution in [0.15, 0.2) is 34.4 Å². The van der Waals surface area contributed by atoms with Gasteiger partial charge in [0.15, 0.2) is 0 Å². The second-order valence-corrected chi connectivity index (χ2v) is 5.49. The molecule has 18 heavy (non-hydrogen) atoms. The topological polar surface area (TPSA) is 47.0 Å². The minimum atomic E-state index is 0.0215. The van der Waals surface area contributed by atoms with Crippen LogP contribution in [0.4, 0.5) is 0 Å². The van der Waals surface area contributed by atoms with Crippen LogP contribution in [0.5, 0.6) is 0 Å². The molecule has 6 heteroatoms. The normalized spacial score (nSPS) is 12.6. The average Bonchev–Trinajstić information content (AvgIpc) is 2.90. The van der Waals surface area contributed by atoms with Crippen LogP contribution in [-0.2, 0) is 4.74 Å². The van der Waals surface area contributed by atoms with Crippen LogP contribution >= 0.6 is 27.3 Å². The summed E-state index contributed by atoms with van der Waals surface area (Å²) in [4.78, 5) is 8.79. The summed E-state index contributed by atoms with van der Waals surface area (Å²) in [6, 6.07) is 4.00. The second kappa shape index (κ2) is 6.94. The Morgan fingerprint density at radius 2 is 2.33 bits per heavy atom. The standard InChI is InChI=1S/C12H14BrN3OS/c1-17-6-4-14-11(12-15-5-7-18-12)10-3-2-9(13)8-16-10/h2-3,5,7-8,11,14H,4,6H2,1H3. The van der Waals surface area contributed by atoms with Gasteiger partial charge in [0, 0.05) is 35.9 Å². The molecule has 0 aliphatic carbocycles. The Bertz CT molecular complexity index is 461. The molecule has 2 aromatic rings. The van der Waals surface area contributed by atoms with Gasteiger partial charge in [0.25, 0.3) is 0 Å². The summed E-state index contributed by atoms with van der Waals surface area (Å²) >= 11 is 5.01. The van der Waals surface area contributed by atoms with E-state index in [1.165, 1.54) is 0 Å². The third kappa shape index (κ3) is 3.58. The predicted molar refractivity (Wildman–Crippen MR) is 75.8 cm³/mol. The molecule has 0 fully saturated rings. The van der Waals surface area contributed by atoms with Gasteiger partial charge in [-0.25, -0.2) is 4.98 Å². The molecule has 2 heterocycles. The first kappa shape index (κ1) is 13.6. The third-order valence-corrected chi connectivity index (χ3v) is 3.71. The molecule has 0 saturated carbocycles. The van der Waals surface area contributed by atoms with Crippen molar-refractivity contribution in [3.63, 3.8) is 0 Å². The second-order valence-electron chi connectivity index (χ2n) is 3.65. The molecule has 2 rings (SSSR count). The van der Waals surface area contributed by atoms with E-state index in [-0.39, 0.29) is 6.04 Å². The van der Waals surface area contributed by atoms with E-state index >= 15 is 0 Å². The zero-order valence-electron chi connectivity index (χ0n) is 9.97. The molecular formula is C12H14BrN3OS. The molecular weight excluding hydrogens is 314 g/mol. The fraction of sp³-hybridized carbons (Fsp3) is 0.333. The van der Waals surface area contributed by atoms with Crippen molar-refractivity contribution in [2.45, 2.75) is 6.04 Å². The van der Waals surface area contributed by atoms with Crippen LogP contribution in [0, 0.1) is 0 Å². The van der Waals surface area contributed by atoms with Crippen molar-refractivity contribution < 1.29 is 4.74 Å². The number of nitrogens with one attached hydrogen (secondary N) is 1. The van der Waals surface area contributed by atoms with Gasteiger partial charge in [-0.15, -0.1) is 11.3 Å². The molecule has 0 amide bonds. The predicted octanol–water partition coefficient (Wildman–Crippen LogP) is 2.63. The number of rotatable bonds is 6. The largest absolute Gasteiger partial charge is 0.383 e. The first-order chi connectivity index (χ1) is 8.81. The lowest BCUT2D eigenvalue weighted by Crippen LogP contribution is -2.26. The van der Waals surface area contributed by atoms with Crippen LogP contribution in [0.3, 0.4) is 0 Å². The number of hydrogen-bond acceptors (Lipinski definition) is 5. The average molecular weight is 328 g/mol. The van der Waals surface area contributed by atoms with Crippen molar-refractivity contribution in [3.05, 3.63) is 45.1 Å². The van der Waals surface area contributed by atoms with Crippen molar-refractivity contribution in [2.75, 3.05) is 20.3 Å². The lowest BCUT2D eigenvalue weighted by Gasteiger charge is -2.15. The highest BCUT2D eigenvalue weighted by atomic mass is 79.9. The number of ether oxygens (including phenoxy) is 1. The molecule has 0 aromatic carbocycles. The van der Waals surface area contributed by atoms with E-state index in [1.54, 1.807) is 24.6 Å². The number of halogens is 1. The van der Waals surface area contributed by atoms with Crippen molar-refractivity contribution in [3.8, 4) is 0 Å². The fourth-order valence-corrected chi connectivity index (χ4v) is 2.52. The van der Waals surface area contributed by atoms with Gasteiger partial charge in [-0.3, -0.25) is 4.98 Å². The van der Waals surface area contributed by atoms with Crippen LogP contribution in [0.2, 0.25) is 0 Å². The zero-order chi connectivity index (χ0) is 12.8. The highest BCUT2D eigenvalue weighted by Crippen LogP contribution is 2.23. The van der Waals surface area contributed by atoms with E-state index in [9.17, 15) is 0 Å². The molecule has 1 unspecified atom stereocenters. The van der Waals surface area contributed by atoms with Crippen LogP contribution in [0.25, 0.3) is 0 Å². The summed E-state index contributed by atoms with van der Waals surface area (Å²) in [6.45, 7) is 1.43. The number of pyridine rings is 1. The summed E-state index contributed by atoms with van der Waals surface area (Å²) in [7, 11) is 1.69. The molecule has 4 nitrogen and oxygen atoms in total. The fourth-order valence-electron chi connectivity index (χ4n) is 1.56. The van der Waals surface area contributed by atoms with Crippen molar-refractivity contribution >= 4 is 27.3 Å². The zero-order valence-corrected chi connectivity index (χ0v) is 12.4. The Balaban J connectivity index is 2.16. The van der Waals surface area contributed by atoms with Gasteiger partial charge in [0.1, 0.15) is 11.0 Å². The minimum Gasteiger partial charge on any atom is -0.383 e. The molecule has 0 aliphatic heterocycles. The maximum Gasteiger partial charge on any atom is 0.116 e. The molecule has 96 valence electrons. The van der Waals surface area contributed by atoms with Gasteiger partial charge in [0.05, 0.1) is 12.3 Å². The van der Waals surface area contributed by atoms with E-state index in [1.807, 2.05) is 23.7 Å². The number of nitrogens with zero attached hydrogens (tertiary/aromatic N) is 2. The maximum absolute atomic E-state index is 5.06. The molecule has 0 spiro atoms. The molecule has 0 saturated heterocycles. The van der Waals surface area contributed by atoms with Crippen LogP contribution < -0.4 is 5.32 Å². The Labute approximate surface area is 119 Å². The lowest BCUT2D eigenvalue weighted by molar-refractivity contribution is 0.197. The van der Waals surface area contributed by atoms with Gasteiger partial charge in [-0.2, -0.15) is 0 Å². The Morgan fingerprint density at radius 1 is 1.44 bits per heavy atom. The highest BCUT2D eigenvalue weighted by Gasteiger charge is 2.17. The summed E-state index contributed by atoms with van der Waals surface area (Å²) in [5.41, 5.74) is 0.962. The molecule has 0 radical (unpaired) electrons. The molecule has 0 bridgehead atoms. The van der Waals surface area contributed by atoms with Crippen LogP contribution in [0.1, 0.15) is 16.7 Å². The minimum absolute atomic E-state index is 0.0215. The summed E-state index contributed by atoms with van der Waals surface area (Å²) < 4.78 is 6.03. The highest BCUT2D eigenvalue weighted by molar-refractivity contribution is 9.10. The SMILES string of the molecule is COCCNC(c1ccc(Br)cn1)c1nccs1. The summed E-state index contributed by atoms with van der Waals surface area (Å²) in [5.74, 6) is 0. The first-order valence-electron chi connectivity index (χ1n) is 5.54. The molecule has 0 aliphatic rings. The van der Waals surface area contributed by atoms with E-state index in [0.717, 1.165) is 21.7 Å². The van der Waals surface area contributed by atoms with Gasteiger partial charge in [-0.05, 0) is 28.1 Å². The maximum atomic E-state index is 5.06. The summed E-state index contributed by atoms with van der Waals surface area (Å²) in [6.07, 6.45) is 3.61. The van der Waals surface area contributed by atoms with Gasteiger partial charge in [-0.1, -0.05) is 0 Å². The van der Waals surface area contributed by atoms with Gasteiger partial charge >= 0.3 is 0 Å². The number of hydrogen-bond donors (Lipinski definition) is 1. The Hall–Kier alpha value is -0.820. The molecule has 1 N–H and O–H groups in total. The van der Waals surface area contributed by atoms with Gasteiger partial charge in [0.2, 0.25) is 0 Å². The molecule has 1 atom stereocenters. The quantitative estimate of drug-likeness (QED) is 0.828. The summed E-state index contributed by atoms with van der Waals surface area (Å²) in [5, 5.41) is 6.39. The lowest BCUT2D eigenvalue weighted by atomic mass is 10.2. The van der Waals surface area contributed by atoms with Crippen molar-refractivity contribution in [1.82, 2.24) is 15.3 Å². The Morgan fingerprint density at radius 3 is 2.94 bits per heavy atom. The third-order valence-electron chi connectivity index (χ3n) is 2.40. The smallest absolute Gasteiger partial charge is 0.116 e. The van der Waals surface area contributed by atoms with E-state index in [4.69, 9.17) is 4.74 Å². The number of thiazole rings is 1. The van der Waals surface area contributed by atoms with E-state index in [0.29, 0.717) is 6.61 Å². The van der Waals surface area contributed by atoms with Crippen molar-refractivity contribution in [2.24, 2.45) is 0 Å².